The highest BCUT2D eigenvalue weighted by molar-refractivity contribution is 5.50. The molecule has 2 aromatic rings. The van der Waals surface area contributed by atoms with Crippen molar-refractivity contribution in [1.29, 1.82) is 0 Å². The fraction of sp³-hybridized carbons (Fsp3) is 0.267. The molecule has 0 aliphatic heterocycles. The van der Waals surface area contributed by atoms with Gasteiger partial charge in [0, 0.05) is 6.20 Å². The predicted octanol–water partition coefficient (Wildman–Crippen LogP) is 2.46. The summed E-state index contributed by atoms with van der Waals surface area (Å²) in [6.07, 6.45) is 1.74. The van der Waals surface area contributed by atoms with Crippen LogP contribution in [0, 0.1) is 6.92 Å². The summed E-state index contributed by atoms with van der Waals surface area (Å²) in [7, 11) is 3.24. The number of hydrogen-bond acceptors (Lipinski definition) is 4. The molecular formula is C15H18N2O2. The molecule has 1 aromatic carbocycles. The van der Waals surface area contributed by atoms with Crippen molar-refractivity contribution in [3.63, 3.8) is 0 Å². The molecule has 2 N–H and O–H groups in total. The molecule has 0 fully saturated rings. The van der Waals surface area contributed by atoms with E-state index in [1.54, 1.807) is 20.4 Å². The number of ether oxygens (including phenoxy) is 2. The fourth-order valence-electron chi connectivity index (χ4n) is 2.15. The van der Waals surface area contributed by atoms with Crippen LogP contribution in [0.15, 0.2) is 36.5 Å². The maximum Gasteiger partial charge on any atom is 0.127 e. The second kappa shape index (κ2) is 5.71. The number of nitrogens with two attached hydrogens (primary N) is 1. The van der Waals surface area contributed by atoms with Gasteiger partial charge in [0.1, 0.15) is 11.5 Å². The van der Waals surface area contributed by atoms with E-state index in [4.69, 9.17) is 15.2 Å². The number of aryl methyl sites for hydroxylation is 1. The zero-order valence-electron chi connectivity index (χ0n) is 11.4. The second-order valence-electron chi connectivity index (χ2n) is 4.26. The first-order valence-electron chi connectivity index (χ1n) is 6.07. The van der Waals surface area contributed by atoms with E-state index in [1.807, 2.05) is 37.3 Å². The lowest BCUT2D eigenvalue weighted by atomic mass is 9.99. The molecule has 100 valence electrons. The highest BCUT2D eigenvalue weighted by Crippen LogP contribution is 2.35. The zero-order chi connectivity index (χ0) is 13.8. The van der Waals surface area contributed by atoms with Crippen molar-refractivity contribution < 1.29 is 9.47 Å². The fourth-order valence-corrected chi connectivity index (χ4v) is 2.15. The van der Waals surface area contributed by atoms with Crippen LogP contribution < -0.4 is 15.2 Å². The molecule has 0 aliphatic rings. The maximum atomic E-state index is 6.35. The van der Waals surface area contributed by atoms with Crippen molar-refractivity contribution in [2.24, 2.45) is 5.73 Å². The smallest absolute Gasteiger partial charge is 0.127 e. The summed E-state index contributed by atoms with van der Waals surface area (Å²) >= 11 is 0. The molecule has 4 heteroatoms. The van der Waals surface area contributed by atoms with Crippen LogP contribution in [-0.2, 0) is 0 Å². The number of aromatic nitrogens is 1. The highest BCUT2D eigenvalue weighted by atomic mass is 16.5. The van der Waals surface area contributed by atoms with Gasteiger partial charge in [-0.3, -0.25) is 4.98 Å². The Kier molecular flexibility index (Phi) is 4.02. The van der Waals surface area contributed by atoms with E-state index in [0.717, 1.165) is 16.8 Å². The molecule has 4 nitrogen and oxygen atoms in total. The predicted molar refractivity (Wildman–Crippen MR) is 74.6 cm³/mol. The van der Waals surface area contributed by atoms with Crippen molar-refractivity contribution in [2.45, 2.75) is 13.0 Å². The minimum Gasteiger partial charge on any atom is -0.496 e. The first kappa shape index (κ1) is 13.4. The van der Waals surface area contributed by atoms with Crippen molar-refractivity contribution >= 4 is 0 Å². The Hall–Kier alpha value is -2.07. The molecular weight excluding hydrogens is 240 g/mol. The van der Waals surface area contributed by atoms with Crippen LogP contribution >= 0.6 is 0 Å². The monoisotopic (exact) mass is 258 g/mol. The topological polar surface area (TPSA) is 57.4 Å². The van der Waals surface area contributed by atoms with Gasteiger partial charge < -0.3 is 15.2 Å². The minimum atomic E-state index is -0.382. The zero-order valence-corrected chi connectivity index (χ0v) is 11.4. The summed E-state index contributed by atoms with van der Waals surface area (Å²) in [5.41, 5.74) is 9.03. The third-order valence-corrected chi connectivity index (χ3v) is 3.12. The number of methoxy groups -OCH3 is 2. The number of hydrogen-bond donors (Lipinski definition) is 1. The van der Waals surface area contributed by atoms with E-state index in [9.17, 15) is 0 Å². The van der Waals surface area contributed by atoms with E-state index < -0.39 is 0 Å². The molecule has 0 bridgehead atoms. The molecule has 0 radical (unpaired) electrons. The third-order valence-electron chi connectivity index (χ3n) is 3.12. The Morgan fingerprint density at radius 1 is 1.05 bits per heavy atom. The van der Waals surface area contributed by atoms with Crippen LogP contribution in [0.2, 0.25) is 0 Å². The van der Waals surface area contributed by atoms with Gasteiger partial charge in [-0.25, -0.2) is 0 Å². The SMILES string of the molecule is COc1cccc(OC)c1C(N)c1ncccc1C. The summed E-state index contributed by atoms with van der Waals surface area (Å²) in [6.45, 7) is 1.99. The van der Waals surface area contributed by atoms with Gasteiger partial charge >= 0.3 is 0 Å². The number of benzene rings is 1. The summed E-state index contributed by atoms with van der Waals surface area (Å²) < 4.78 is 10.8. The summed E-state index contributed by atoms with van der Waals surface area (Å²) in [6, 6.07) is 9.12. The largest absolute Gasteiger partial charge is 0.496 e. The number of rotatable bonds is 4. The summed E-state index contributed by atoms with van der Waals surface area (Å²) in [4.78, 5) is 4.37. The Morgan fingerprint density at radius 3 is 2.21 bits per heavy atom. The lowest BCUT2D eigenvalue weighted by Crippen LogP contribution is -2.17. The maximum absolute atomic E-state index is 6.35. The van der Waals surface area contributed by atoms with Crippen LogP contribution in [-0.4, -0.2) is 19.2 Å². The van der Waals surface area contributed by atoms with Gasteiger partial charge in [-0.1, -0.05) is 12.1 Å². The molecule has 19 heavy (non-hydrogen) atoms. The Balaban J connectivity index is 2.55. The average Bonchev–Trinajstić information content (AvgIpc) is 2.46. The molecule has 1 aromatic heterocycles. The Bertz CT molecular complexity index is 548. The van der Waals surface area contributed by atoms with E-state index in [2.05, 4.69) is 4.98 Å². The third kappa shape index (κ3) is 2.53. The lowest BCUT2D eigenvalue weighted by Gasteiger charge is -2.19. The van der Waals surface area contributed by atoms with Gasteiger partial charge in [-0.15, -0.1) is 0 Å². The van der Waals surface area contributed by atoms with Crippen LogP contribution in [0.1, 0.15) is 22.9 Å². The molecule has 0 aliphatic carbocycles. The highest BCUT2D eigenvalue weighted by Gasteiger charge is 2.21. The second-order valence-corrected chi connectivity index (χ2v) is 4.26. The van der Waals surface area contributed by atoms with E-state index in [1.165, 1.54) is 0 Å². The lowest BCUT2D eigenvalue weighted by molar-refractivity contribution is 0.382. The summed E-state index contributed by atoms with van der Waals surface area (Å²) in [5.74, 6) is 1.41. The Morgan fingerprint density at radius 2 is 1.68 bits per heavy atom. The van der Waals surface area contributed by atoms with Crippen molar-refractivity contribution in [2.75, 3.05) is 14.2 Å². The quantitative estimate of drug-likeness (QED) is 0.915. The molecule has 1 heterocycles. The van der Waals surface area contributed by atoms with Gasteiger partial charge in [-0.05, 0) is 30.7 Å². The van der Waals surface area contributed by atoms with Crippen LogP contribution in [0.4, 0.5) is 0 Å². The average molecular weight is 258 g/mol. The number of nitrogens with zero attached hydrogens (tertiary/aromatic N) is 1. The van der Waals surface area contributed by atoms with Crippen molar-refractivity contribution in [3.8, 4) is 11.5 Å². The van der Waals surface area contributed by atoms with Crippen molar-refractivity contribution in [3.05, 3.63) is 53.3 Å². The van der Waals surface area contributed by atoms with Gasteiger partial charge in [0.25, 0.3) is 0 Å². The Labute approximate surface area is 113 Å². The van der Waals surface area contributed by atoms with E-state index >= 15 is 0 Å². The van der Waals surface area contributed by atoms with E-state index in [-0.39, 0.29) is 6.04 Å². The molecule has 0 amide bonds. The van der Waals surface area contributed by atoms with Gasteiger partial charge in [0.15, 0.2) is 0 Å². The van der Waals surface area contributed by atoms with Crippen LogP contribution in [0.3, 0.4) is 0 Å². The van der Waals surface area contributed by atoms with Gasteiger partial charge in [0.05, 0.1) is 31.5 Å². The normalized spacial score (nSPS) is 12.0. The van der Waals surface area contributed by atoms with E-state index in [0.29, 0.717) is 11.5 Å². The standard InChI is InChI=1S/C15H18N2O2/c1-10-6-5-9-17-15(10)14(16)13-11(18-2)7-4-8-12(13)19-3/h4-9,14H,16H2,1-3H3. The molecule has 0 saturated heterocycles. The van der Waals surface area contributed by atoms with Crippen LogP contribution in [0.5, 0.6) is 11.5 Å². The first-order chi connectivity index (χ1) is 9.19. The molecule has 0 spiro atoms. The molecule has 1 unspecified atom stereocenters. The summed E-state index contributed by atoms with van der Waals surface area (Å²) in [5, 5.41) is 0. The first-order valence-corrected chi connectivity index (χ1v) is 6.07. The minimum absolute atomic E-state index is 0.382. The van der Waals surface area contributed by atoms with Gasteiger partial charge in [-0.2, -0.15) is 0 Å². The molecule has 2 rings (SSSR count). The number of pyridine rings is 1. The van der Waals surface area contributed by atoms with Crippen LogP contribution in [0.25, 0.3) is 0 Å². The van der Waals surface area contributed by atoms with Gasteiger partial charge in [0.2, 0.25) is 0 Å². The molecule has 1 atom stereocenters. The van der Waals surface area contributed by atoms with Crippen molar-refractivity contribution in [1.82, 2.24) is 4.98 Å². The molecule has 0 saturated carbocycles.